The molecule has 92 valence electrons. The van der Waals surface area contributed by atoms with Gasteiger partial charge in [-0.05, 0) is 35.0 Å². The Kier molecular flexibility index (Phi) is 2.63. The Morgan fingerprint density at radius 3 is 2.83 bits per heavy atom. The largest absolute Gasteiger partial charge is 0.459 e. The van der Waals surface area contributed by atoms with E-state index in [1.807, 2.05) is 37.3 Å². The Bertz CT molecular complexity index is 681. The van der Waals surface area contributed by atoms with Gasteiger partial charge in [-0.1, -0.05) is 18.2 Å². The van der Waals surface area contributed by atoms with Crippen LogP contribution >= 0.6 is 15.9 Å². The van der Waals surface area contributed by atoms with Crippen molar-refractivity contribution < 1.29 is 4.42 Å². The zero-order chi connectivity index (χ0) is 12.7. The Labute approximate surface area is 113 Å². The van der Waals surface area contributed by atoms with Gasteiger partial charge in [-0.25, -0.2) is 4.68 Å². The zero-order valence-electron chi connectivity index (χ0n) is 9.85. The van der Waals surface area contributed by atoms with Gasteiger partial charge in [0.2, 0.25) is 0 Å². The third-order valence-electron chi connectivity index (χ3n) is 2.87. The molecule has 0 aliphatic rings. The van der Waals surface area contributed by atoms with Gasteiger partial charge in [-0.2, -0.15) is 5.10 Å². The van der Waals surface area contributed by atoms with E-state index in [9.17, 15) is 0 Å². The maximum Gasteiger partial charge on any atom is 0.136 e. The third-order valence-corrected chi connectivity index (χ3v) is 3.85. The number of anilines is 1. The highest BCUT2D eigenvalue weighted by Gasteiger charge is 2.11. The van der Waals surface area contributed by atoms with Crippen molar-refractivity contribution in [2.45, 2.75) is 13.5 Å². The molecule has 3 rings (SSSR count). The fourth-order valence-corrected chi connectivity index (χ4v) is 2.24. The average Bonchev–Trinajstić information content (AvgIpc) is 2.87. The van der Waals surface area contributed by atoms with Crippen LogP contribution in [-0.2, 0) is 6.54 Å². The van der Waals surface area contributed by atoms with Crippen LogP contribution in [0.4, 0.5) is 5.82 Å². The molecule has 0 spiro atoms. The van der Waals surface area contributed by atoms with Gasteiger partial charge in [-0.3, -0.25) is 0 Å². The maximum atomic E-state index is 5.96. The molecule has 0 saturated heterocycles. The smallest absolute Gasteiger partial charge is 0.136 e. The molecule has 0 unspecified atom stereocenters. The first-order chi connectivity index (χ1) is 8.65. The van der Waals surface area contributed by atoms with Crippen molar-refractivity contribution in [3.8, 4) is 0 Å². The number of furan rings is 1. The summed E-state index contributed by atoms with van der Waals surface area (Å²) < 4.78 is 8.32. The van der Waals surface area contributed by atoms with Crippen molar-refractivity contribution in [2.24, 2.45) is 0 Å². The number of para-hydroxylation sites is 1. The van der Waals surface area contributed by atoms with Gasteiger partial charge >= 0.3 is 0 Å². The average molecular weight is 306 g/mol. The van der Waals surface area contributed by atoms with E-state index in [0.717, 1.165) is 26.9 Å². The summed E-state index contributed by atoms with van der Waals surface area (Å²) in [5.41, 5.74) is 7.72. The molecule has 0 radical (unpaired) electrons. The molecule has 0 fully saturated rings. The van der Waals surface area contributed by atoms with Gasteiger partial charge in [0.15, 0.2) is 0 Å². The number of aromatic nitrogens is 2. The summed E-state index contributed by atoms with van der Waals surface area (Å²) in [5.74, 6) is 1.46. The Morgan fingerprint density at radius 1 is 1.39 bits per heavy atom. The molecule has 18 heavy (non-hydrogen) atoms. The predicted molar refractivity (Wildman–Crippen MR) is 74.4 cm³/mol. The van der Waals surface area contributed by atoms with Gasteiger partial charge in [-0.15, -0.1) is 0 Å². The van der Waals surface area contributed by atoms with E-state index in [1.165, 1.54) is 0 Å². The number of aryl methyl sites for hydroxylation is 1. The van der Waals surface area contributed by atoms with E-state index in [2.05, 4.69) is 21.0 Å². The van der Waals surface area contributed by atoms with Crippen LogP contribution in [0.25, 0.3) is 11.0 Å². The third kappa shape index (κ3) is 1.80. The number of halogens is 1. The van der Waals surface area contributed by atoms with E-state index in [0.29, 0.717) is 12.4 Å². The number of rotatable bonds is 2. The van der Waals surface area contributed by atoms with Gasteiger partial charge in [0.1, 0.15) is 23.7 Å². The van der Waals surface area contributed by atoms with Crippen LogP contribution < -0.4 is 5.73 Å². The molecule has 2 N–H and O–H groups in total. The van der Waals surface area contributed by atoms with E-state index in [-0.39, 0.29) is 0 Å². The first-order valence-corrected chi connectivity index (χ1v) is 6.40. The lowest BCUT2D eigenvalue weighted by Crippen LogP contribution is -2.05. The fraction of sp³-hybridized carbons (Fsp3) is 0.154. The van der Waals surface area contributed by atoms with E-state index >= 15 is 0 Å². The van der Waals surface area contributed by atoms with Crippen LogP contribution in [0.15, 0.2) is 39.2 Å². The number of nitrogen functional groups attached to an aromatic ring is 1. The van der Waals surface area contributed by atoms with E-state index in [1.54, 1.807) is 4.68 Å². The van der Waals surface area contributed by atoms with E-state index in [4.69, 9.17) is 10.2 Å². The number of hydrogen-bond donors (Lipinski definition) is 1. The molecular weight excluding hydrogens is 294 g/mol. The number of nitrogens with two attached hydrogens (primary N) is 1. The lowest BCUT2D eigenvalue weighted by Gasteiger charge is -2.00. The standard InChI is InChI=1S/C13H12BrN3O/c1-8-12(14)13(15)17(16-8)7-10-6-9-4-2-3-5-11(9)18-10/h2-6H,7,15H2,1H3. The molecule has 0 saturated carbocycles. The molecule has 5 heteroatoms. The lowest BCUT2D eigenvalue weighted by molar-refractivity contribution is 0.511. The predicted octanol–water partition coefficient (Wildman–Crippen LogP) is 3.33. The van der Waals surface area contributed by atoms with Crippen LogP contribution in [0.2, 0.25) is 0 Å². The monoisotopic (exact) mass is 305 g/mol. The van der Waals surface area contributed by atoms with Crippen LogP contribution in [0.5, 0.6) is 0 Å². The minimum Gasteiger partial charge on any atom is -0.459 e. The molecule has 0 bridgehead atoms. The van der Waals surface area contributed by atoms with Crippen LogP contribution in [-0.4, -0.2) is 9.78 Å². The van der Waals surface area contributed by atoms with Crippen molar-refractivity contribution >= 4 is 32.7 Å². The Hall–Kier alpha value is -1.75. The summed E-state index contributed by atoms with van der Waals surface area (Å²) in [6.07, 6.45) is 0. The van der Waals surface area contributed by atoms with Crippen molar-refractivity contribution in [3.63, 3.8) is 0 Å². The summed E-state index contributed by atoms with van der Waals surface area (Å²) in [6.45, 7) is 2.45. The van der Waals surface area contributed by atoms with Gasteiger partial charge in [0.25, 0.3) is 0 Å². The van der Waals surface area contributed by atoms with Crippen molar-refractivity contribution in [2.75, 3.05) is 5.73 Å². The molecule has 0 aliphatic carbocycles. The molecule has 0 amide bonds. The van der Waals surface area contributed by atoms with Crippen molar-refractivity contribution in [3.05, 3.63) is 46.3 Å². The van der Waals surface area contributed by atoms with Crippen molar-refractivity contribution in [1.82, 2.24) is 9.78 Å². The quantitative estimate of drug-likeness (QED) is 0.790. The van der Waals surface area contributed by atoms with E-state index < -0.39 is 0 Å². The highest BCUT2D eigenvalue weighted by Crippen LogP contribution is 2.25. The molecule has 0 aliphatic heterocycles. The Morgan fingerprint density at radius 2 is 2.17 bits per heavy atom. The normalized spacial score (nSPS) is 11.2. The topological polar surface area (TPSA) is 57.0 Å². The van der Waals surface area contributed by atoms with Crippen molar-refractivity contribution in [1.29, 1.82) is 0 Å². The first-order valence-electron chi connectivity index (χ1n) is 5.61. The second-order valence-electron chi connectivity index (χ2n) is 4.19. The van der Waals surface area contributed by atoms with Gasteiger partial charge < -0.3 is 10.2 Å². The van der Waals surface area contributed by atoms with Crippen LogP contribution in [0, 0.1) is 6.92 Å². The second-order valence-corrected chi connectivity index (χ2v) is 4.99. The summed E-state index contributed by atoms with van der Waals surface area (Å²) in [4.78, 5) is 0. The lowest BCUT2D eigenvalue weighted by atomic mass is 10.2. The molecule has 1 aromatic carbocycles. The zero-order valence-corrected chi connectivity index (χ0v) is 11.4. The Balaban J connectivity index is 1.98. The van der Waals surface area contributed by atoms with Crippen LogP contribution in [0.1, 0.15) is 11.5 Å². The molecule has 3 aromatic rings. The summed E-state index contributed by atoms with van der Waals surface area (Å²) in [7, 11) is 0. The summed E-state index contributed by atoms with van der Waals surface area (Å²) >= 11 is 3.41. The molecule has 4 nitrogen and oxygen atoms in total. The second kappa shape index (κ2) is 4.17. The minimum absolute atomic E-state index is 0.535. The molecular formula is C13H12BrN3O. The SMILES string of the molecule is Cc1nn(Cc2cc3ccccc3o2)c(N)c1Br. The summed E-state index contributed by atoms with van der Waals surface area (Å²) in [5, 5.41) is 5.45. The number of nitrogens with zero attached hydrogens (tertiary/aromatic N) is 2. The van der Waals surface area contributed by atoms with Crippen LogP contribution in [0.3, 0.4) is 0 Å². The fourth-order valence-electron chi connectivity index (χ4n) is 1.96. The molecule has 2 heterocycles. The van der Waals surface area contributed by atoms with Gasteiger partial charge in [0, 0.05) is 5.39 Å². The number of fused-ring (bicyclic) bond motifs is 1. The summed E-state index contributed by atoms with van der Waals surface area (Å²) in [6, 6.07) is 9.94. The van der Waals surface area contributed by atoms with Gasteiger partial charge in [0.05, 0.1) is 10.2 Å². The maximum absolute atomic E-state index is 5.96. The highest BCUT2D eigenvalue weighted by atomic mass is 79.9. The molecule has 0 atom stereocenters. The first kappa shape index (κ1) is 11.3. The number of hydrogen-bond acceptors (Lipinski definition) is 3. The minimum atomic E-state index is 0.535. The number of benzene rings is 1. The molecule has 2 aromatic heterocycles. The highest BCUT2D eigenvalue weighted by molar-refractivity contribution is 9.10.